The van der Waals surface area contributed by atoms with E-state index in [0.717, 1.165) is 12.1 Å². The van der Waals surface area contributed by atoms with Crippen molar-refractivity contribution in [2.45, 2.75) is 6.92 Å². The van der Waals surface area contributed by atoms with Crippen molar-refractivity contribution in [3.8, 4) is 0 Å². The number of nitrogens with zero attached hydrogens (tertiary/aromatic N) is 1. The van der Waals surface area contributed by atoms with Gasteiger partial charge in [-0.1, -0.05) is 84.9 Å². The van der Waals surface area contributed by atoms with Crippen molar-refractivity contribution in [2.24, 2.45) is 5.10 Å². The second-order valence-electron chi connectivity index (χ2n) is 5.79. The third-order valence-corrected chi connectivity index (χ3v) is 6.67. The number of thiocarbonyl (C=S) groups is 1. The van der Waals surface area contributed by atoms with E-state index in [-0.39, 0.29) is 0 Å². The van der Waals surface area contributed by atoms with Crippen molar-refractivity contribution >= 4 is 47.4 Å². The molecule has 0 heterocycles. The fourth-order valence-electron chi connectivity index (χ4n) is 2.74. The first-order chi connectivity index (χ1) is 13.3. The van der Waals surface area contributed by atoms with Crippen LogP contribution in [0, 0.1) is 0 Å². The Hall–Kier alpha value is -2.55. The van der Waals surface area contributed by atoms with Gasteiger partial charge in [-0.25, -0.2) is 0 Å². The van der Waals surface area contributed by atoms with Gasteiger partial charge in [0.25, 0.3) is 0 Å². The van der Waals surface area contributed by atoms with Gasteiger partial charge in [-0.05, 0) is 43.0 Å². The SMILES string of the molecule is CCNC(=S)N/N=C/c1ccccc1P(c1ccccc1)c1ccccc1. The Kier molecular flexibility index (Phi) is 7.09. The summed E-state index contributed by atoms with van der Waals surface area (Å²) >= 11 is 5.17. The fourth-order valence-corrected chi connectivity index (χ4v) is 5.36. The van der Waals surface area contributed by atoms with Crippen LogP contribution in [0.25, 0.3) is 0 Å². The topological polar surface area (TPSA) is 36.4 Å². The summed E-state index contributed by atoms with van der Waals surface area (Å²) in [6.07, 6.45) is 1.85. The molecule has 0 unspecified atom stereocenters. The van der Waals surface area contributed by atoms with Gasteiger partial charge in [0, 0.05) is 12.1 Å². The summed E-state index contributed by atoms with van der Waals surface area (Å²) in [5, 5.41) is 11.8. The first kappa shape index (κ1) is 19.2. The molecule has 5 heteroatoms. The molecule has 0 fully saturated rings. The van der Waals surface area contributed by atoms with E-state index < -0.39 is 7.92 Å². The average molecular weight is 391 g/mol. The van der Waals surface area contributed by atoms with Gasteiger partial charge in [0.15, 0.2) is 5.11 Å². The first-order valence-corrected chi connectivity index (χ1v) is 10.6. The van der Waals surface area contributed by atoms with Gasteiger partial charge in [-0.3, -0.25) is 5.43 Å². The number of benzene rings is 3. The summed E-state index contributed by atoms with van der Waals surface area (Å²) in [7, 11) is -0.673. The van der Waals surface area contributed by atoms with E-state index in [1.54, 1.807) is 0 Å². The predicted octanol–water partition coefficient (Wildman–Crippen LogP) is 3.26. The molecule has 3 rings (SSSR count). The van der Waals surface area contributed by atoms with Gasteiger partial charge >= 0.3 is 0 Å². The van der Waals surface area contributed by atoms with Crippen molar-refractivity contribution in [1.82, 2.24) is 10.7 Å². The molecule has 0 radical (unpaired) electrons. The van der Waals surface area contributed by atoms with Crippen LogP contribution in [-0.2, 0) is 0 Å². The molecule has 0 saturated heterocycles. The highest BCUT2D eigenvalue weighted by atomic mass is 32.1. The number of hydrogen-bond acceptors (Lipinski definition) is 2. The van der Waals surface area contributed by atoms with E-state index in [4.69, 9.17) is 12.2 Å². The van der Waals surface area contributed by atoms with Crippen LogP contribution >= 0.6 is 20.1 Å². The van der Waals surface area contributed by atoms with Crippen molar-refractivity contribution in [1.29, 1.82) is 0 Å². The van der Waals surface area contributed by atoms with Crippen LogP contribution in [-0.4, -0.2) is 17.9 Å². The number of hydrazone groups is 1. The van der Waals surface area contributed by atoms with Gasteiger partial charge in [-0.2, -0.15) is 5.10 Å². The molecular weight excluding hydrogens is 369 g/mol. The monoisotopic (exact) mass is 391 g/mol. The number of nitrogens with one attached hydrogen (secondary N) is 2. The Morgan fingerprint density at radius 3 is 2.04 bits per heavy atom. The minimum atomic E-state index is -0.673. The highest BCUT2D eigenvalue weighted by Crippen LogP contribution is 2.33. The largest absolute Gasteiger partial charge is 0.362 e. The zero-order valence-corrected chi connectivity index (χ0v) is 16.9. The van der Waals surface area contributed by atoms with Crippen molar-refractivity contribution < 1.29 is 0 Å². The van der Waals surface area contributed by atoms with E-state index >= 15 is 0 Å². The fraction of sp³-hybridized carbons (Fsp3) is 0.0909. The van der Waals surface area contributed by atoms with Crippen LogP contribution < -0.4 is 26.7 Å². The molecule has 3 nitrogen and oxygen atoms in total. The molecule has 136 valence electrons. The van der Waals surface area contributed by atoms with Crippen LogP contribution in [0.3, 0.4) is 0 Å². The summed E-state index contributed by atoms with van der Waals surface area (Å²) < 4.78 is 0. The lowest BCUT2D eigenvalue weighted by atomic mass is 10.2. The van der Waals surface area contributed by atoms with Gasteiger partial charge in [-0.15, -0.1) is 0 Å². The van der Waals surface area contributed by atoms with Crippen LogP contribution in [0.5, 0.6) is 0 Å². The maximum Gasteiger partial charge on any atom is 0.186 e. The zero-order valence-electron chi connectivity index (χ0n) is 15.2. The highest BCUT2D eigenvalue weighted by Gasteiger charge is 2.18. The Balaban J connectivity index is 1.98. The molecule has 0 amide bonds. The zero-order chi connectivity index (χ0) is 18.9. The minimum Gasteiger partial charge on any atom is -0.362 e. The van der Waals surface area contributed by atoms with Crippen molar-refractivity contribution in [2.75, 3.05) is 6.54 Å². The van der Waals surface area contributed by atoms with Gasteiger partial charge in [0.05, 0.1) is 6.21 Å². The smallest absolute Gasteiger partial charge is 0.186 e. The highest BCUT2D eigenvalue weighted by molar-refractivity contribution is 7.80. The molecule has 2 N–H and O–H groups in total. The molecule has 3 aromatic rings. The Labute approximate surface area is 167 Å². The Bertz CT molecular complexity index is 858. The minimum absolute atomic E-state index is 0.527. The van der Waals surface area contributed by atoms with Crippen LogP contribution in [0.4, 0.5) is 0 Å². The second-order valence-corrected chi connectivity index (χ2v) is 8.39. The average Bonchev–Trinajstić information content (AvgIpc) is 2.71. The molecule has 0 saturated carbocycles. The molecule has 0 atom stereocenters. The maximum absolute atomic E-state index is 5.17. The summed E-state index contributed by atoms with van der Waals surface area (Å²) in [4.78, 5) is 0. The van der Waals surface area contributed by atoms with E-state index in [0.29, 0.717) is 5.11 Å². The summed E-state index contributed by atoms with van der Waals surface area (Å²) in [5.41, 5.74) is 3.96. The molecule has 0 aliphatic heterocycles. The first-order valence-electron chi connectivity index (χ1n) is 8.85. The third kappa shape index (κ3) is 5.22. The molecule has 0 aromatic heterocycles. The number of rotatable bonds is 6. The van der Waals surface area contributed by atoms with Crippen LogP contribution in [0.15, 0.2) is 90.0 Å². The van der Waals surface area contributed by atoms with Crippen LogP contribution in [0.1, 0.15) is 12.5 Å². The summed E-state index contributed by atoms with van der Waals surface area (Å²) in [6.45, 7) is 2.77. The lowest BCUT2D eigenvalue weighted by Gasteiger charge is -2.21. The Morgan fingerprint density at radius 2 is 1.44 bits per heavy atom. The third-order valence-electron chi connectivity index (χ3n) is 3.91. The normalized spacial score (nSPS) is 10.9. The van der Waals surface area contributed by atoms with Gasteiger partial charge in [0.2, 0.25) is 0 Å². The van der Waals surface area contributed by atoms with Crippen molar-refractivity contribution in [3.05, 3.63) is 90.5 Å². The van der Waals surface area contributed by atoms with Crippen LogP contribution in [0.2, 0.25) is 0 Å². The van der Waals surface area contributed by atoms with E-state index in [1.807, 2.05) is 19.2 Å². The molecule has 3 aromatic carbocycles. The summed E-state index contributed by atoms with van der Waals surface area (Å²) in [6, 6.07) is 29.7. The number of hydrogen-bond donors (Lipinski definition) is 2. The lowest BCUT2D eigenvalue weighted by Crippen LogP contribution is -2.31. The second kappa shape index (κ2) is 9.96. The molecule has 27 heavy (non-hydrogen) atoms. The lowest BCUT2D eigenvalue weighted by molar-refractivity contribution is 0.904. The Morgan fingerprint density at radius 1 is 0.889 bits per heavy atom. The van der Waals surface area contributed by atoms with Gasteiger partial charge in [0.1, 0.15) is 0 Å². The molecule has 0 bridgehead atoms. The maximum atomic E-state index is 5.17. The standard InChI is InChI=1S/C22H22N3PS/c1-2-23-22(27)25-24-17-18-11-9-10-16-21(18)26(19-12-5-3-6-13-19)20-14-7-4-8-15-20/h3-17H,2H2,1H3,(H2,23,25,27)/b24-17+. The van der Waals surface area contributed by atoms with Gasteiger partial charge < -0.3 is 5.32 Å². The van der Waals surface area contributed by atoms with E-state index in [9.17, 15) is 0 Å². The van der Waals surface area contributed by atoms with E-state index in [2.05, 4.69) is 94.7 Å². The quantitative estimate of drug-likeness (QED) is 0.293. The molecule has 0 spiro atoms. The van der Waals surface area contributed by atoms with E-state index in [1.165, 1.54) is 15.9 Å². The molecule has 0 aliphatic carbocycles. The van der Waals surface area contributed by atoms with Crippen molar-refractivity contribution in [3.63, 3.8) is 0 Å². The molecular formula is C22H22N3PS. The molecule has 0 aliphatic rings. The predicted molar refractivity (Wildman–Crippen MR) is 122 cm³/mol. The summed E-state index contributed by atoms with van der Waals surface area (Å²) in [5.74, 6) is 0.